The second-order valence-electron chi connectivity index (χ2n) is 8.78. The molecule has 0 aliphatic carbocycles. The van der Waals surface area contributed by atoms with E-state index in [1.807, 2.05) is 32.9 Å². The number of carbonyl (C=O) groups is 3. The summed E-state index contributed by atoms with van der Waals surface area (Å²) in [7, 11) is 0. The molecule has 1 saturated heterocycles. The number of hydrogen-bond acceptors (Lipinski definition) is 3. The van der Waals surface area contributed by atoms with Crippen LogP contribution in [0.5, 0.6) is 0 Å². The highest BCUT2D eigenvalue weighted by atomic mass is 19.1. The minimum Gasteiger partial charge on any atom is -0.352 e. The number of benzene rings is 2. The quantitative estimate of drug-likeness (QED) is 0.671. The summed E-state index contributed by atoms with van der Waals surface area (Å²) >= 11 is 0. The third-order valence-electron chi connectivity index (χ3n) is 6.25. The van der Waals surface area contributed by atoms with Crippen molar-refractivity contribution in [1.29, 1.82) is 0 Å². The lowest BCUT2D eigenvalue weighted by atomic mass is 9.88. The Morgan fingerprint density at radius 3 is 2.30 bits per heavy atom. The van der Waals surface area contributed by atoms with E-state index in [0.717, 1.165) is 12.0 Å². The summed E-state index contributed by atoms with van der Waals surface area (Å²) in [5.74, 6) is -1.29. The molecule has 1 heterocycles. The second-order valence-corrected chi connectivity index (χ2v) is 8.78. The van der Waals surface area contributed by atoms with Crippen LogP contribution in [0.1, 0.15) is 59.4 Å². The lowest BCUT2D eigenvalue weighted by Crippen LogP contribution is -2.55. The summed E-state index contributed by atoms with van der Waals surface area (Å²) in [6, 6.07) is 12.2. The molecule has 1 aliphatic heterocycles. The molecular formula is C26H32FN3O3. The van der Waals surface area contributed by atoms with E-state index in [0.29, 0.717) is 37.1 Å². The molecule has 0 saturated carbocycles. The van der Waals surface area contributed by atoms with Crippen LogP contribution >= 0.6 is 0 Å². The standard InChI is InChI=1S/C26H32FN3O3/c1-4-18(3)28-25(32)23(29-24(31)20-10-8-17(2)9-11-20)19-12-14-30(15-13-19)26(33)21-6-5-7-22(27)16-21/h5-11,16,18-19,23H,4,12-15H2,1-3H3,(H,28,32)(H,29,31)/t18-,23-/m1/s1. The zero-order valence-electron chi connectivity index (χ0n) is 19.4. The number of carbonyl (C=O) groups excluding carboxylic acids is 3. The minimum atomic E-state index is -0.695. The van der Waals surface area contributed by atoms with Gasteiger partial charge in [0.2, 0.25) is 5.91 Å². The van der Waals surface area contributed by atoms with Gasteiger partial charge in [-0.05, 0) is 69.4 Å². The molecule has 1 fully saturated rings. The lowest BCUT2D eigenvalue weighted by molar-refractivity contribution is -0.125. The summed E-state index contributed by atoms with van der Waals surface area (Å²) in [6.45, 7) is 6.74. The monoisotopic (exact) mass is 453 g/mol. The van der Waals surface area contributed by atoms with E-state index in [2.05, 4.69) is 10.6 Å². The highest BCUT2D eigenvalue weighted by Crippen LogP contribution is 2.23. The molecule has 33 heavy (non-hydrogen) atoms. The number of halogens is 1. The third kappa shape index (κ3) is 6.40. The van der Waals surface area contributed by atoms with E-state index < -0.39 is 11.9 Å². The van der Waals surface area contributed by atoms with Gasteiger partial charge in [0.15, 0.2) is 0 Å². The predicted molar refractivity (Wildman–Crippen MR) is 125 cm³/mol. The first kappa shape index (κ1) is 24.4. The molecular weight excluding hydrogens is 421 g/mol. The SMILES string of the molecule is CC[C@@H](C)NC(=O)[C@H](NC(=O)c1ccc(C)cc1)C1CCN(C(=O)c2cccc(F)c2)CC1. The van der Waals surface area contributed by atoms with Crippen LogP contribution in [0.15, 0.2) is 48.5 Å². The first-order chi connectivity index (χ1) is 15.8. The summed E-state index contributed by atoms with van der Waals surface area (Å²) < 4.78 is 13.5. The van der Waals surface area contributed by atoms with Crippen molar-refractivity contribution in [3.05, 3.63) is 71.0 Å². The van der Waals surface area contributed by atoms with Crippen LogP contribution < -0.4 is 10.6 Å². The first-order valence-corrected chi connectivity index (χ1v) is 11.5. The Bertz CT molecular complexity index is 985. The summed E-state index contributed by atoms with van der Waals surface area (Å²) in [5.41, 5.74) is 1.86. The molecule has 0 unspecified atom stereocenters. The maximum absolute atomic E-state index is 13.5. The number of likely N-dealkylation sites (tertiary alicyclic amines) is 1. The number of piperidine rings is 1. The van der Waals surface area contributed by atoms with Crippen LogP contribution in [0, 0.1) is 18.7 Å². The molecule has 0 bridgehead atoms. The lowest BCUT2D eigenvalue weighted by Gasteiger charge is -2.36. The van der Waals surface area contributed by atoms with Gasteiger partial charge in [0.1, 0.15) is 11.9 Å². The van der Waals surface area contributed by atoms with Crippen molar-refractivity contribution in [2.24, 2.45) is 5.92 Å². The Balaban J connectivity index is 1.70. The van der Waals surface area contributed by atoms with Crippen LogP contribution in [0.3, 0.4) is 0 Å². The summed E-state index contributed by atoms with van der Waals surface area (Å²) in [5, 5.41) is 5.91. The van der Waals surface area contributed by atoms with Crippen molar-refractivity contribution in [2.45, 2.75) is 52.1 Å². The van der Waals surface area contributed by atoms with Gasteiger partial charge >= 0.3 is 0 Å². The van der Waals surface area contributed by atoms with Crippen molar-refractivity contribution < 1.29 is 18.8 Å². The van der Waals surface area contributed by atoms with Gasteiger partial charge in [-0.25, -0.2) is 4.39 Å². The second kappa shape index (κ2) is 11.1. The fourth-order valence-corrected chi connectivity index (χ4v) is 4.00. The molecule has 6 nitrogen and oxygen atoms in total. The molecule has 3 rings (SSSR count). The van der Waals surface area contributed by atoms with E-state index in [1.54, 1.807) is 23.1 Å². The van der Waals surface area contributed by atoms with Crippen LogP contribution in [0.25, 0.3) is 0 Å². The number of aryl methyl sites for hydroxylation is 1. The summed E-state index contributed by atoms with van der Waals surface area (Å²) in [4.78, 5) is 40.4. The number of hydrogen-bond donors (Lipinski definition) is 2. The zero-order valence-corrected chi connectivity index (χ0v) is 19.4. The van der Waals surface area contributed by atoms with Gasteiger partial charge in [-0.3, -0.25) is 14.4 Å². The molecule has 0 spiro atoms. The minimum absolute atomic E-state index is 0.00841. The molecule has 2 aromatic carbocycles. The van der Waals surface area contributed by atoms with Crippen molar-refractivity contribution >= 4 is 17.7 Å². The third-order valence-corrected chi connectivity index (χ3v) is 6.25. The molecule has 2 N–H and O–H groups in total. The van der Waals surface area contributed by atoms with Crippen molar-refractivity contribution in [3.8, 4) is 0 Å². The number of nitrogens with zero attached hydrogens (tertiary/aromatic N) is 1. The maximum Gasteiger partial charge on any atom is 0.253 e. The predicted octanol–water partition coefficient (Wildman–Crippen LogP) is 3.70. The van der Waals surface area contributed by atoms with Gasteiger partial charge in [0.25, 0.3) is 11.8 Å². The van der Waals surface area contributed by atoms with Gasteiger partial charge in [-0.1, -0.05) is 30.7 Å². The Morgan fingerprint density at radius 1 is 1.03 bits per heavy atom. The Hall–Kier alpha value is -3.22. The van der Waals surface area contributed by atoms with Crippen molar-refractivity contribution in [1.82, 2.24) is 15.5 Å². The van der Waals surface area contributed by atoms with Crippen LogP contribution in [0.4, 0.5) is 4.39 Å². The van der Waals surface area contributed by atoms with Gasteiger partial charge in [-0.2, -0.15) is 0 Å². The average molecular weight is 454 g/mol. The van der Waals surface area contributed by atoms with E-state index in [9.17, 15) is 18.8 Å². The van der Waals surface area contributed by atoms with Crippen molar-refractivity contribution in [3.63, 3.8) is 0 Å². The van der Waals surface area contributed by atoms with Crippen molar-refractivity contribution in [2.75, 3.05) is 13.1 Å². The zero-order chi connectivity index (χ0) is 24.0. The molecule has 176 valence electrons. The smallest absolute Gasteiger partial charge is 0.253 e. The van der Waals surface area contributed by atoms with E-state index in [-0.39, 0.29) is 29.7 Å². The molecule has 0 aromatic heterocycles. The van der Waals surface area contributed by atoms with Gasteiger partial charge in [-0.15, -0.1) is 0 Å². The molecule has 3 amide bonds. The Kier molecular flexibility index (Phi) is 8.20. The number of rotatable bonds is 7. The largest absolute Gasteiger partial charge is 0.352 e. The summed E-state index contributed by atoms with van der Waals surface area (Å²) in [6.07, 6.45) is 1.91. The van der Waals surface area contributed by atoms with Crippen LogP contribution in [-0.2, 0) is 4.79 Å². The Morgan fingerprint density at radius 2 is 1.70 bits per heavy atom. The van der Waals surface area contributed by atoms with E-state index in [4.69, 9.17) is 0 Å². The molecule has 2 aromatic rings. The van der Waals surface area contributed by atoms with E-state index >= 15 is 0 Å². The molecule has 1 aliphatic rings. The number of nitrogens with one attached hydrogen (secondary N) is 2. The highest BCUT2D eigenvalue weighted by molar-refractivity contribution is 5.98. The Labute approximate surface area is 194 Å². The molecule has 0 radical (unpaired) electrons. The first-order valence-electron chi connectivity index (χ1n) is 11.5. The van der Waals surface area contributed by atoms with Gasteiger partial charge in [0.05, 0.1) is 0 Å². The maximum atomic E-state index is 13.5. The molecule has 7 heteroatoms. The number of amides is 3. The van der Waals surface area contributed by atoms with Crippen LogP contribution in [-0.4, -0.2) is 47.8 Å². The normalized spacial score (nSPS) is 16.1. The fraction of sp³-hybridized carbons (Fsp3) is 0.423. The fourth-order valence-electron chi connectivity index (χ4n) is 4.00. The average Bonchev–Trinajstić information content (AvgIpc) is 2.82. The van der Waals surface area contributed by atoms with Gasteiger partial charge < -0.3 is 15.5 Å². The topological polar surface area (TPSA) is 78.5 Å². The highest BCUT2D eigenvalue weighted by Gasteiger charge is 2.34. The van der Waals surface area contributed by atoms with E-state index in [1.165, 1.54) is 18.2 Å². The van der Waals surface area contributed by atoms with Gasteiger partial charge in [0, 0.05) is 30.3 Å². The van der Waals surface area contributed by atoms with Crippen LogP contribution in [0.2, 0.25) is 0 Å². The molecule has 2 atom stereocenters.